The molecule has 0 amide bonds. The van der Waals surface area contributed by atoms with Crippen LogP contribution in [0.1, 0.15) is 6.92 Å². The molecule has 7 heteroatoms. The minimum absolute atomic E-state index is 0. The number of hydrogen-bond acceptors (Lipinski definition) is 3. The quantitative estimate of drug-likeness (QED) is 0.311. The SMILES string of the molecule is CC(N)OP(=O)(O)O.[Mn]. The maximum absolute atomic E-state index is 9.83. The molecule has 0 fully saturated rings. The average molecular weight is 196 g/mol. The molecular weight excluding hydrogens is 188 g/mol. The molecule has 4 N–H and O–H groups in total. The van der Waals surface area contributed by atoms with Gasteiger partial charge in [0.1, 0.15) is 6.23 Å². The van der Waals surface area contributed by atoms with E-state index in [-0.39, 0.29) is 17.1 Å². The molecule has 1 unspecified atom stereocenters. The van der Waals surface area contributed by atoms with Crippen LogP contribution in [0.3, 0.4) is 0 Å². The third-order valence-electron chi connectivity index (χ3n) is 0.304. The molecule has 9 heavy (non-hydrogen) atoms. The summed E-state index contributed by atoms with van der Waals surface area (Å²) in [5.74, 6) is 0. The third-order valence-corrected chi connectivity index (χ3v) is 0.911. The van der Waals surface area contributed by atoms with Gasteiger partial charge in [-0.15, -0.1) is 0 Å². The third kappa shape index (κ3) is 11.9. The van der Waals surface area contributed by atoms with E-state index in [0.717, 1.165) is 0 Å². The monoisotopic (exact) mass is 196 g/mol. The molecule has 0 aliphatic carbocycles. The van der Waals surface area contributed by atoms with Crippen molar-refractivity contribution < 1.29 is 35.9 Å². The molecule has 0 rings (SSSR count). The molecular formula is C2H8MnNO4P. The Hall–Kier alpha value is 0.589. The van der Waals surface area contributed by atoms with Crippen LogP contribution in [0.2, 0.25) is 0 Å². The zero-order valence-electron chi connectivity index (χ0n) is 4.69. The van der Waals surface area contributed by atoms with E-state index in [4.69, 9.17) is 15.5 Å². The van der Waals surface area contributed by atoms with Gasteiger partial charge in [0.2, 0.25) is 0 Å². The summed E-state index contributed by atoms with van der Waals surface area (Å²) in [5, 5.41) is 0. The minimum atomic E-state index is -4.35. The van der Waals surface area contributed by atoms with Crippen molar-refractivity contribution in [2.75, 3.05) is 0 Å². The Bertz CT molecular complexity index is 111. The minimum Gasteiger partial charge on any atom is -0.306 e. The molecule has 0 spiro atoms. The Morgan fingerprint density at radius 3 is 2.00 bits per heavy atom. The molecule has 0 aliphatic heterocycles. The molecule has 1 radical (unpaired) electrons. The molecule has 0 aromatic rings. The van der Waals surface area contributed by atoms with Gasteiger partial charge in [-0.2, -0.15) is 0 Å². The Kier molecular flexibility index (Phi) is 6.02. The summed E-state index contributed by atoms with van der Waals surface area (Å²) >= 11 is 0. The predicted octanol–water partition coefficient (Wildman–Crippen LogP) is -0.602. The first-order valence-corrected chi connectivity index (χ1v) is 3.44. The summed E-state index contributed by atoms with van der Waals surface area (Å²) in [6, 6.07) is 0. The van der Waals surface area contributed by atoms with Crippen molar-refractivity contribution in [3.8, 4) is 0 Å². The summed E-state index contributed by atoms with van der Waals surface area (Å²) in [6.45, 7) is 1.33. The number of phosphoric acid groups is 1. The number of rotatable bonds is 2. The van der Waals surface area contributed by atoms with E-state index in [0.29, 0.717) is 0 Å². The van der Waals surface area contributed by atoms with Crippen molar-refractivity contribution in [2.45, 2.75) is 13.2 Å². The van der Waals surface area contributed by atoms with Crippen molar-refractivity contribution in [1.82, 2.24) is 0 Å². The van der Waals surface area contributed by atoms with E-state index in [2.05, 4.69) is 4.52 Å². The molecule has 0 saturated carbocycles. The van der Waals surface area contributed by atoms with Crippen LogP contribution in [-0.2, 0) is 26.2 Å². The van der Waals surface area contributed by atoms with Crippen molar-refractivity contribution in [1.29, 1.82) is 0 Å². The van der Waals surface area contributed by atoms with Crippen LogP contribution in [-0.4, -0.2) is 16.0 Å². The predicted molar refractivity (Wildman–Crippen MR) is 26.8 cm³/mol. The Morgan fingerprint density at radius 2 is 2.00 bits per heavy atom. The Morgan fingerprint density at radius 1 is 1.67 bits per heavy atom. The van der Waals surface area contributed by atoms with Crippen LogP contribution in [0, 0.1) is 0 Å². The van der Waals surface area contributed by atoms with Gasteiger partial charge in [-0.05, 0) is 6.92 Å². The number of phosphoric ester groups is 1. The Balaban J connectivity index is 0. The maximum atomic E-state index is 9.83. The van der Waals surface area contributed by atoms with Crippen LogP contribution in [0.5, 0.6) is 0 Å². The van der Waals surface area contributed by atoms with Gasteiger partial charge in [-0.1, -0.05) is 0 Å². The van der Waals surface area contributed by atoms with Crippen LogP contribution in [0.15, 0.2) is 0 Å². The number of hydrogen-bond donors (Lipinski definition) is 3. The van der Waals surface area contributed by atoms with Gasteiger partial charge in [0.05, 0.1) is 0 Å². The number of nitrogens with two attached hydrogens (primary N) is 1. The second kappa shape index (κ2) is 4.41. The molecule has 0 bridgehead atoms. The Labute approximate surface area is 63.3 Å². The van der Waals surface area contributed by atoms with E-state index in [1.54, 1.807) is 0 Å². The fraction of sp³-hybridized carbons (Fsp3) is 1.00. The van der Waals surface area contributed by atoms with Gasteiger partial charge in [0.25, 0.3) is 0 Å². The van der Waals surface area contributed by atoms with E-state index < -0.39 is 14.1 Å². The smallest absolute Gasteiger partial charge is 0.306 e. The van der Waals surface area contributed by atoms with Gasteiger partial charge in [0, 0.05) is 17.1 Å². The summed E-state index contributed by atoms with van der Waals surface area (Å²) in [4.78, 5) is 16.0. The molecule has 1 atom stereocenters. The maximum Gasteiger partial charge on any atom is 0.471 e. The van der Waals surface area contributed by atoms with Crippen molar-refractivity contribution in [3.63, 3.8) is 0 Å². The molecule has 0 aliphatic rings. The van der Waals surface area contributed by atoms with E-state index >= 15 is 0 Å². The van der Waals surface area contributed by atoms with E-state index in [1.807, 2.05) is 0 Å². The fourth-order valence-electron chi connectivity index (χ4n) is 0.217. The first-order valence-electron chi connectivity index (χ1n) is 1.91. The van der Waals surface area contributed by atoms with Gasteiger partial charge in [0.15, 0.2) is 0 Å². The second-order valence-electron chi connectivity index (χ2n) is 1.30. The summed E-state index contributed by atoms with van der Waals surface area (Å²) in [7, 11) is -4.35. The van der Waals surface area contributed by atoms with Gasteiger partial charge < -0.3 is 15.5 Å². The average Bonchev–Trinajstić information content (AvgIpc) is 1.21. The molecule has 0 aromatic heterocycles. The van der Waals surface area contributed by atoms with E-state index in [1.165, 1.54) is 6.92 Å². The molecule has 57 valence electrons. The van der Waals surface area contributed by atoms with E-state index in [9.17, 15) is 4.57 Å². The first-order chi connectivity index (χ1) is 3.42. The standard InChI is InChI=1S/C2H8NO4P.Mn/c1-2(3)7-8(4,5)6;/h2H,3H2,1H3,(H2,4,5,6);. The molecule has 0 aromatic carbocycles. The molecule has 0 heterocycles. The first kappa shape index (κ1) is 12.3. The van der Waals surface area contributed by atoms with Crippen molar-refractivity contribution in [2.24, 2.45) is 5.73 Å². The topological polar surface area (TPSA) is 92.8 Å². The summed E-state index contributed by atoms with van der Waals surface area (Å²) in [6.07, 6.45) is -0.921. The van der Waals surface area contributed by atoms with Crippen LogP contribution < -0.4 is 5.73 Å². The van der Waals surface area contributed by atoms with Crippen LogP contribution >= 0.6 is 7.82 Å². The van der Waals surface area contributed by atoms with Crippen molar-refractivity contribution in [3.05, 3.63) is 0 Å². The fourth-order valence-corrected chi connectivity index (χ4v) is 0.650. The second-order valence-corrected chi connectivity index (χ2v) is 2.49. The summed E-state index contributed by atoms with van der Waals surface area (Å²) < 4.78 is 13.7. The molecule has 5 nitrogen and oxygen atoms in total. The summed E-state index contributed by atoms with van der Waals surface area (Å²) in [5.41, 5.74) is 4.86. The van der Waals surface area contributed by atoms with Gasteiger partial charge in [-0.3, -0.25) is 4.52 Å². The van der Waals surface area contributed by atoms with Crippen LogP contribution in [0.4, 0.5) is 0 Å². The zero-order chi connectivity index (χ0) is 6.78. The van der Waals surface area contributed by atoms with Gasteiger partial charge in [-0.25, -0.2) is 4.57 Å². The largest absolute Gasteiger partial charge is 0.471 e. The molecule has 0 saturated heterocycles. The van der Waals surface area contributed by atoms with Crippen LogP contribution in [0.25, 0.3) is 0 Å². The van der Waals surface area contributed by atoms with Gasteiger partial charge >= 0.3 is 7.82 Å². The normalized spacial score (nSPS) is 14.2. The zero-order valence-corrected chi connectivity index (χ0v) is 6.77. The van der Waals surface area contributed by atoms with Crippen molar-refractivity contribution >= 4 is 7.82 Å².